The Bertz CT molecular complexity index is 829. The minimum atomic E-state index is -4.67. The number of carbonyl (C=O) groups is 1. The Morgan fingerprint density at radius 1 is 1.10 bits per heavy atom. The van der Waals surface area contributed by atoms with Crippen LogP contribution < -0.4 is 5.32 Å². The Labute approximate surface area is 175 Å². The number of carbonyl (C=O) groups excluding carboxylic acids is 1. The first-order chi connectivity index (χ1) is 13.7. The fraction of sp³-hybridized carbons (Fsp3) is 0.389. The van der Waals surface area contributed by atoms with Crippen LogP contribution in [0.15, 0.2) is 42.7 Å². The molecule has 0 bridgehead atoms. The van der Waals surface area contributed by atoms with Crippen LogP contribution in [0.1, 0.15) is 27.8 Å². The van der Waals surface area contributed by atoms with Gasteiger partial charge < -0.3 is 10.1 Å². The standard InChI is InChI=1S/C18H17Cl2F3N4O2/c19-17(20,26-15(28)12-4-2-1-3-5-12)14(27-6-8-29-9-7-27)13-10-24-16(25-11-13)18(21,22)23/h1-5,10-11,14H,6-9H2,(H,26,28). The van der Waals surface area contributed by atoms with Crippen molar-refractivity contribution in [3.05, 3.63) is 59.7 Å². The van der Waals surface area contributed by atoms with Crippen molar-refractivity contribution >= 4 is 29.1 Å². The van der Waals surface area contributed by atoms with Gasteiger partial charge in [0.2, 0.25) is 10.3 Å². The van der Waals surface area contributed by atoms with Crippen LogP contribution in [-0.2, 0) is 10.9 Å². The molecule has 1 atom stereocenters. The van der Waals surface area contributed by atoms with Gasteiger partial charge in [-0.1, -0.05) is 41.4 Å². The van der Waals surface area contributed by atoms with Gasteiger partial charge in [0, 0.05) is 36.6 Å². The topological polar surface area (TPSA) is 67.4 Å². The number of halogens is 5. The average molecular weight is 449 g/mol. The Hall–Kier alpha value is -1.94. The van der Waals surface area contributed by atoms with E-state index in [1.165, 1.54) is 0 Å². The van der Waals surface area contributed by atoms with E-state index in [9.17, 15) is 18.0 Å². The first-order valence-corrected chi connectivity index (χ1v) is 9.40. The number of aromatic nitrogens is 2. The van der Waals surface area contributed by atoms with Crippen molar-refractivity contribution in [3.63, 3.8) is 0 Å². The number of morpholine rings is 1. The highest BCUT2D eigenvalue weighted by molar-refractivity contribution is 6.49. The second kappa shape index (κ2) is 8.83. The van der Waals surface area contributed by atoms with Gasteiger partial charge in [-0.05, 0) is 12.1 Å². The lowest BCUT2D eigenvalue weighted by atomic mass is 10.1. The highest BCUT2D eigenvalue weighted by Crippen LogP contribution is 2.39. The van der Waals surface area contributed by atoms with E-state index in [1.54, 1.807) is 35.2 Å². The third kappa shape index (κ3) is 5.36. The first-order valence-electron chi connectivity index (χ1n) is 8.65. The summed E-state index contributed by atoms with van der Waals surface area (Å²) < 4.78 is 41.9. The Kier molecular flexibility index (Phi) is 6.62. The number of benzene rings is 1. The van der Waals surface area contributed by atoms with Crippen LogP contribution in [0.5, 0.6) is 0 Å². The van der Waals surface area contributed by atoms with Crippen LogP contribution in [0, 0.1) is 0 Å². The SMILES string of the molecule is O=C(NC(Cl)(Cl)C(c1cnc(C(F)(F)F)nc1)N1CCOCC1)c1ccccc1. The molecule has 0 aliphatic carbocycles. The average Bonchev–Trinajstić information content (AvgIpc) is 2.69. The van der Waals surface area contributed by atoms with Gasteiger partial charge >= 0.3 is 6.18 Å². The highest BCUT2D eigenvalue weighted by Gasteiger charge is 2.43. The molecule has 0 radical (unpaired) electrons. The lowest BCUT2D eigenvalue weighted by molar-refractivity contribution is -0.145. The van der Waals surface area contributed by atoms with E-state index in [2.05, 4.69) is 15.3 Å². The van der Waals surface area contributed by atoms with E-state index in [0.717, 1.165) is 12.4 Å². The Morgan fingerprint density at radius 3 is 2.24 bits per heavy atom. The highest BCUT2D eigenvalue weighted by atomic mass is 35.5. The van der Waals surface area contributed by atoms with Crippen LogP contribution >= 0.6 is 23.2 Å². The van der Waals surface area contributed by atoms with E-state index in [-0.39, 0.29) is 5.56 Å². The number of nitrogens with zero attached hydrogens (tertiary/aromatic N) is 3. The summed E-state index contributed by atoms with van der Waals surface area (Å²) in [5.74, 6) is -1.80. The fourth-order valence-electron chi connectivity index (χ4n) is 2.99. The zero-order chi connectivity index (χ0) is 21.1. The summed E-state index contributed by atoms with van der Waals surface area (Å²) in [4.78, 5) is 21.2. The molecule has 1 amide bonds. The number of alkyl halides is 5. The number of ether oxygens (including phenoxy) is 1. The smallest absolute Gasteiger partial charge is 0.379 e. The molecule has 1 aromatic carbocycles. The van der Waals surface area contributed by atoms with Gasteiger partial charge in [0.05, 0.1) is 19.3 Å². The zero-order valence-electron chi connectivity index (χ0n) is 15.0. The van der Waals surface area contributed by atoms with E-state index in [1.807, 2.05) is 0 Å². The van der Waals surface area contributed by atoms with Crippen molar-refractivity contribution in [2.75, 3.05) is 26.3 Å². The predicted octanol–water partition coefficient (Wildman–Crippen LogP) is 3.43. The molecule has 1 N–H and O–H groups in total. The molecule has 2 aromatic rings. The first kappa shape index (κ1) is 21.8. The van der Waals surface area contributed by atoms with Crippen molar-refractivity contribution in [1.82, 2.24) is 20.2 Å². The summed E-state index contributed by atoms with van der Waals surface area (Å²) >= 11 is 13.0. The fourth-order valence-corrected chi connectivity index (χ4v) is 3.69. The Morgan fingerprint density at radius 2 is 1.69 bits per heavy atom. The number of hydrogen-bond acceptors (Lipinski definition) is 5. The molecule has 1 aliphatic heterocycles. The van der Waals surface area contributed by atoms with Crippen molar-refractivity contribution in [1.29, 1.82) is 0 Å². The zero-order valence-corrected chi connectivity index (χ0v) is 16.5. The number of rotatable bonds is 5. The van der Waals surface area contributed by atoms with Crippen molar-refractivity contribution < 1.29 is 22.7 Å². The molecule has 0 spiro atoms. The van der Waals surface area contributed by atoms with E-state index >= 15 is 0 Å². The van der Waals surface area contributed by atoms with E-state index < -0.39 is 28.4 Å². The molecular weight excluding hydrogens is 432 g/mol. The summed E-state index contributed by atoms with van der Waals surface area (Å²) in [7, 11) is 0. The molecular formula is C18H17Cl2F3N4O2. The molecule has 6 nitrogen and oxygen atoms in total. The van der Waals surface area contributed by atoms with Gasteiger partial charge in [0.15, 0.2) is 0 Å². The summed E-state index contributed by atoms with van der Waals surface area (Å²) in [6, 6.07) is 7.39. The summed E-state index contributed by atoms with van der Waals surface area (Å²) in [6.07, 6.45) is -2.64. The third-order valence-corrected chi connectivity index (χ3v) is 4.91. The molecule has 1 aromatic heterocycles. The summed E-state index contributed by atoms with van der Waals surface area (Å²) in [6.45, 7) is 1.59. The van der Waals surface area contributed by atoms with Gasteiger partial charge in [-0.2, -0.15) is 13.2 Å². The maximum atomic E-state index is 12.8. The van der Waals surface area contributed by atoms with Crippen molar-refractivity contribution in [3.8, 4) is 0 Å². The third-order valence-electron chi connectivity index (χ3n) is 4.31. The largest absolute Gasteiger partial charge is 0.451 e. The Balaban J connectivity index is 1.90. The molecule has 1 aliphatic rings. The van der Waals surface area contributed by atoms with E-state index in [0.29, 0.717) is 31.9 Å². The van der Waals surface area contributed by atoms with Crippen LogP contribution in [0.4, 0.5) is 13.2 Å². The number of amides is 1. The second-order valence-electron chi connectivity index (χ2n) is 6.33. The number of nitrogens with one attached hydrogen (secondary N) is 1. The molecule has 156 valence electrons. The molecule has 29 heavy (non-hydrogen) atoms. The molecule has 0 saturated carbocycles. The van der Waals surface area contributed by atoms with Crippen LogP contribution in [0.3, 0.4) is 0 Å². The molecule has 11 heteroatoms. The van der Waals surface area contributed by atoms with Gasteiger partial charge in [0.25, 0.3) is 5.91 Å². The molecule has 3 rings (SSSR count). The maximum Gasteiger partial charge on any atom is 0.451 e. The molecule has 1 unspecified atom stereocenters. The van der Waals surface area contributed by atoms with Crippen molar-refractivity contribution in [2.45, 2.75) is 16.7 Å². The second-order valence-corrected chi connectivity index (χ2v) is 7.72. The quantitative estimate of drug-likeness (QED) is 0.560. The van der Waals surface area contributed by atoms with Gasteiger partial charge in [0.1, 0.15) is 0 Å². The van der Waals surface area contributed by atoms with Crippen molar-refractivity contribution in [2.24, 2.45) is 0 Å². The molecule has 1 fully saturated rings. The summed E-state index contributed by atoms with van der Waals surface area (Å²) in [5, 5.41) is 2.54. The minimum Gasteiger partial charge on any atom is -0.379 e. The number of hydrogen-bond donors (Lipinski definition) is 1. The maximum absolute atomic E-state index is 12.8. The normalized spacial score (nSPS) is 17.0. The van der Waals surface area contributed by atoms with Crippen LogP contribution in [0.2, 0.25) is 0 Å². The van der Waals surface area contributed by atoms with Gasteiger partial charge in [-0.15, -0.1) is 0 Å². The monoisotopic (exact) mass is 448 g/mol. The predicted molar refractivity (Wildman–Crippen MR) is 101 cm³/mol. The lowest BCUT2D eigenvalue weighted by Crippen LogP contribution is -2.53. The summed E-state index contributed by atoms with van der Waals surface area (Å²) in [5.41, 5.74) is 0.570. The molecule has 1 saturated heterocycles. The van der Waals surface area contributed by atoms with Crippen LogP contribution in [-0.4, -0.2) is 51.5 Å². The minimum absolute atomic E-state index is 0.235. The van der Waals surface area contributed by atoms with Crippen LogP contribution in [0.25, 0.3) is 0 Å². The van der Waals surface area contributed by atoms with Gasteiger partial charge in [-0.25, -0.2) is 9.97 Å². The van der Waals surface area contributed by atoms with E-state index in [4.69, 9.17) is 27.9 Å². The molecule has 2 heterocycles. The van der Waals surface area contributed by atoms with Gasteiger partial charge in [-0.3, -0.25) is 9.69 Å². The lowest BCUT2D eigenvalue weighted by Gasteiger charge is -2.40.